The molecule has 0 amide bonds. The molecule has 1 aromatic carbocycles. The van der Waals surface area contributed by atoms with E-state index in [0.29, 0.717) is 69.0 Å². The molecule has 0 atom stereocenters. The van der Waals surface area contributed by atoms with E-state index in [4.69, 9.17) is 14.2 Å². The van der Waals surface area contributed by atoms with Crippen LogP contribution < -0.4 is 4.74 Å². The number of carbonyl (C=O) groups is 2. The third-order valence-corrected chi connectivity index (χ3v) is 7.27. The van der Waals surface area contributed by atoms with Crippen LogP contribution in [0.1, 0.15) is 94.7 Å². The number of carbonyl (C=O) groups excluding carboxylic acids is 2. The maximum Gasteiger partial charge on any atom is 0.333 e. The van der Waals surface area contributed by atoms with Crippen LogP contribution in [-0.2, 0) is 31.9 Å². The van der Waals surface area contributed by atoms with E-state index in [1.165, 1.54) is 18.4 Å². The third kappa shape index (κ3) is 10.8. The summed E-state index contributed by atoms with van der Waals surface area (Å²) in [6, 6.07) is 4.42. The number of hydrogen-bond donors (Lipinski definition) is 2. The van der Waals surface area contributed by atoms with Gasteiger partial charge in [-0.2, -0.15) is 0 Å². The van der Waals surface area contributed by atoms with Crippen molar-refractivity contribution in [3.05, 3.63) is 53.1 Å². The summed E-state index contributed by atoms with van der Waals surface area (Å²) in [6.07, 6.45) is 8.18. The quantitative estimate of drug-likeness (QED) is 0.125. The zero-order valence-corrected chi connectivity index (χ0v) is 24.2. The normalized spacial score (nSPS) is 13.2. The summed E-state index contributed by atoms with van der Waals surface area (Å²) in [5, 5.41) is 20.1. The van der Waals surface area contributed by atoms with Crippen LogP contribution in [0.3, 0.4) is 0 Å². The van der Waals surface area contributed by atoms with Gasteiger partial charge in [-0.3, -0.25) is 0 Å². The Morgan fingerprint density at radius 3 is 1.79 bits per heavy atom. The van der Waals surface area contributed by atoms with Gasteiger partial charge < -0.3 is 24.4 Å². The first kappa shape index (κ1) is 32.6. The van der Waals surface area contributed by atoms with Gasteiger partial charge in [-0.05, 0) is 87.8 Å². The second-order valence-electron chi connectivity index (χ2n) is 11.0. The molecule has 0 aromatic heterocycles. The van der Waals surface area contributed by atoms with E-state index in [0.717, 1.165) is 36.1 Å². The number of esters is 2. The molecule has 0 saturated heterocycles. The lowest BCUT2D eigenvalue weighted by Gasteiger charge is -2.30. The van der Waals surface area contributed by atoms with Crippen LogP contribution in [-0.4, -0.2) is 55.2 Å². The van der Waals surface area contributed by atoms with Crippen molar-refractivity contribution in [3.63, 3.8) is 0 Å². The molecule has 1 aromatic rings. The molecule has 2 N–H and O–H groups in total. The van der Waals surface area contributed by atoms with Crippen molar-refractivity contribution in [3.8, 4) is 5.75 Å². The number of hydrogen-bond acceptors (Lipinski definition) is 7. The molecule has 39 heavy (non-hydrogen) atoms. The van der Waals surface area contributed by atoms with Gasteiger partial charge in [0.05, 0.1) is 33.0 Å². The maximum atomic E-state index is 11.8. The molecule has 0 unspecified atom stereocenters. The Hall–Kier alpha value is -2.64. The molecule has 2 rings (SSSR count). The van der Waals surface area contributed by atoms with Crippen LogP contribution in [0.2, 0.25) is 0 Å². The third-order valence-electron chi connectivity index (χ3n) is 7.27. The van der Waals surface area contributed by atoms with E-state index in [1.807, 2.05) is 0 Å². The maximum absolute atomic E-state index is 11.8. The number of ether oxygens (including phenoxy) is 3. The van der Waals surface area contributed by atoms with Gasteiger partial charge in [0.15, 0.2) is 0 Å². The van der Waals surface area contributed by atoms with Gasteiger partial charge in [-0.1, -0.05) is 45.1 Å². The van der Waals surface area contributed by atoms with Gasteiger partial charge in [0, 0.05) is 16.6 Å². The van der Waals surface area contributed by atoms with Crippen LogP contribution in [0, 0.1) is 5.41 Å². The van der Waals surface area contributed by atoms with Crippen LogP contribution >= 0.6 is 0 Å². The lowest BCUT2D eigenvalue weighted by atomic mass is 9.81. The molecular weight excluding hydrogens is 496 g/mol. The van der Waals surface area contributed by atoms with E-state index < -0.39 is 5.41 Å². The van der Waals surface area contributed by atoms with E-state index >= 15 is 0 Å². The highest BCUT2D eigenvalue weighted by molar-refractivity contribution is 5.87. The summed E-state index contributed by atoms with van der Waals surface area (Å²) < 4.78 is 17.0. The lowest BCUT2D eigenvalue weighted by Crippen LogP contribution is -2.32. The molecule has 0 aliphatic heterocycles. The Kier molecular flexibility index (Phi) is 13.7. The monoisotopic (exact) mass is 544 g/mol. The molecule has 7 heteroatoms. The first-order valence-electron chi connectivity index (χ1n) is 14.3. The number of aliphatic hydroxyl groups excluding tert-OH is 2. The standard InChI is InChI=1S/C32H48O7/c1-6-7-14-32(21-33,22-34)15-18-37-29-26(10-8-16-38-30(35)23(2)3)19-28(25-12-13-25)20-27(29)11-9-17-39-31(36)24(4)5/h19-20,25,33-34H,2,4,6-18,21-22H2,1,3,5H3. The van der Waals surface area contributed by atoms with Crippen LogP contribution in [0.15, 0.2) is 36.4 Å². The zero-order chi connectivity index (χ0) is 28.8. The molecule has 0 radical (unpaired) electrons. The summed E-state index contributed by atoms with van der Waals surface area (Å²) in [5.41, 5.74) is 3.59. The average molecular weight is 545 g/mol. The Bertz CT molecular complexity index is 918. The fourth-order valence-electron chi connectivity index (χ4n) is 4.50. The minimum absolute atomic E-state index is 0.0879. The Balaban J connectivity index is 2.22. The summed E-state index contributed by atoms with van der Waals surface area (Å²) in [6.45, 7) is 13.4. The van der Waals surface area contributed by atoms with Crippen molar-refractivity contribution in [1.82, 2.24) is 0 Å². The Labute approximate surface area is 234 Å². The van der Waals surface area contributed by atoms with Crippen molar-refractivity contribution in [1.29, 1.82) is 0 Å². The Morgan fingerprint density at radius 1 is 0.872 bits per heavy atom. The summed E-state index contributed by atoms with van der Waals surface area (Å²) in [5.74, 6) is 0.570. The number of aryl methyl sites for hydroxylation is 2. The molecule has 0 spiro atoms. The molecule has 1 aliphatic rings. The van der Waals surface area contributed by atoms with Gasteiger partial charge in [-0.15, -0.1) is 0 Å². The zero-order valence-electron chi connectivity index (χ0n) is 24.2. The Morgan fingerprint density at radius 2 is 1.38 bits per heavy atom. The first-order chi connectivity index (χ1) is 18.7. The van der Waals surface area contributed by atoms with Crippen LogP contribution in [0.25, 0.3) is 0 Å². The number of aliphatic hydroxyl groups is 2. The molecule has 0 heterocycles. The molecule has 1 fully saturated rings. The predicted molar refractivity (Wildman–Crippen MR) is 153 cm³/mol. The highest BCUT2D eigenvalue weighted by Gasteiger charge is 2.29. The van der Waals surface area contributed by atoms with E-state index in [2.05, 4.69) is 32.2 Å². The number of rotatable bonds is 20. The highest BCUT2D eigenvalue weighted by atomic mass is 16.5. The van der Waals surface area contributed by atoms with Gasteiger partial charge in [0.2, 0.25) is 0 Å². The van der Waals surface area contributed by atoms with E-state index in [-0.39, 0.29) is 25.2 Å². The first-order valence-corrected chi connectivity index (χ1v) is 14.3. The number of benzene rings is 1. The summed E-state index contributed by atoms with van der Waals surface area (Å²) in [7, 11) is 0. The highest BCUT2D eigenvalue weighted by Crippen LogP contribution is 2.43. The average Bonchev–Trinajstić information content (AvgIpc) is 3.77. The summed E-state index contributed by atoms with van der Waals surface area (Å²) >= 11 is 0. The second kappa shape index (κ2) is 16.5. The van der Waals surface area contributed by atoms with Crippen LogP contribution in [0.5, 0.6) is 5.75 Å². The molecule has 7 nitrogen and oxygen atoms in total. The molecule has 1 saturated carbocycles. The van der Waals surface area contributed by atoms with Crippen molar-refractivity contribution in [2.45, 2.75) is 90.9 Å². The lowest BCUT2D eigenvalue weighted by molar-refractivity contribution is -0.139. The number of unbranched alkanes of at least 4 members (excludes halogenated alkanes) is 1. The minimum atomic E-state index is -0.572. The summed E-state index contributed by atoms with van der Waals surface area (Å²) in [4.78, 5) is 23.6. The fourth-order valence-corrected chi connectivity index (χ4v) is 4.50. The minimum Gasteiger partial charge on any atom is -0.493 e. The van der Waals surface area contributed by atoms with Gasteiger partial charge >= 0.3 is 11.9 Å². The van der Waals surface area contributed by atoms with Crippen molar-refractivity contribution >= 4 is 11.9 Å². The predicted octanol–water partition coefficient (Wildman–Crippen LogP) is 5.60. The molecule has 218 valence electrons. The van der Waals surface area contributed by atoms with Crippen molar-refractivity contribution < 1.29 is 34.0 Å². The van der Waals surface area contributed by atoms with Gasteiger partial charge in [-0.25, -0.2) is 9.59 Å². The molecule has 1 aliphatic carbocycles. The van der Waals surface area contributed by atoms with Crippen LogP contribution in [0.4, 0.5) is 0 Å². The van der Waals surface area contributed by atoms with Crippen molar-refractivity contribution in [2.24, 2.45) is 5.41 Å². The SMILES string of the molecule is C=C(C)C(=O)OCCCc1cc(C2CC2)cc(CCCOC(=O)C(=C)C)c1OCCC(CO)(CO)CCCC. The molecular formula is C32H48O7. The second-order valence-corrected chi connectivity index (χ2v) is 11.0. The van der Waals surface area contributed by atoms with E-state index in [9.17, 15) is 19.8 Å². The van der Waals surface area contributed by atoms with Gasteiger partial charge in [0.25, 0.3) is 0 Å². The fraction of sp³-hybridized carbons (Fsp3) is 0.625. The molecule has 0 bridgehead atoms. The smallest absolute Gasteiger partial charge is 0.333 e. The van der Waals surface area contributed by atoms with Gasteiger partial charge in [0.1, 0.15) is 5.75 Å². The largest absolute Gasteiger partial charge is 0.493 e. The van der Waals surface area contributed by atoms with E-state index in [1.54, 1.807) is 13.8 Å². The topological polar surface area (TPSA) is 102 Å². The van der Waals surface area contributed by atoms with Crippen molar-refractivity contribution in [2.75, 3.05) is 33.0 Å².